The topological polar surface area (TPSA) is 116 Å². The minimum absolute atomic E-state index is 0.254. The second-order valence-corrected chi connectivity index (χ2v) is 3.73. The number of aryl methyl sites for hydroxylation is 1. The summed E-state index contributed by atoms with van der Waals surface area (Å²) >= 11 is 0. The summed E-state index contributed by atoms with van der Waals surface area (Å²) in [6.07, 6.45) is 1.38. The third kappa shape index (κ3) is 2.97. The van der Waals surface area contributed by atoms with E-state index in [0.29, 0.717) is 24.1 Å². The van der Waals surface area contributed by atoms with Gasteiger partial charge in [0.25, 0.3) is 0 Å². The lowest BCUT2D eigenvalue weighted by Gasteiger charge is -2.07. The summed E-state index contributed by atoms with van der Waals surface area (Å²) in [5.41, 5.74) is 6.16. The number of nitrogens with zero attached hydrogens (tertiary/aromatic N) is 3. The second-order valence-electron chi connectivity index (χ2n) is 3.73. The molecule has 2 heterocycles. The van der Waals surface area contributed by atoms with Crippen LogP contribution in [0.5, 0.6) is 0 Å². The number of rotatable bonds is 4. The maximum Gasteiger partial charge on any atom is 0.340 e. The van der Waals surface area contributed by atoms with Crippen LogP contribution in [0.25, 0.3) is 0 Å². The van der Waals surface area contributed by atoms with Gasteiger partial charge in [0.15, 0.2) is 5.82 Å². The van der Waals surface area contributed by atoms with Crippen molar-refractivity contribution < 1.29 is 14.1 Å². The minimum atomic E-state index is -0.515. The zero-order chi connectivity index (χ0) is 13.8. The zero-order valence-electron chi connectivity index (χ0n) is 10.5. The highest BCUT2D eigenvalue weighted by Gasteiger charge is 2.12. The molecule has 3 N–H and O–H groups in total. The van der Waals surface area contributed by atoms with Crippen LogP contribution in [-0.2, 0) is 11.3 Å². The lowest BCUT2D eigenvalue weighted by atomic mass is 10.2. The summed E-state index contributed by atoms with van der Waals surface area (Å²) in [6, 6.07) is 1.51. The molecule has 8 heteroatoms. The Morgan fingerprint density at radius 1 is 1.58 bits per heavy atom. The molecule has 0 bridgehead atoms. The summed E-state index contributed by atoms with van der Waals surface area (Å²) < 4.78 is 9.46. The van der Waals surface area contributed by atoms with Crippen LogP contribution >= 0.6 is 0 Å². The lowest BCUT2D eigenvalue weighted by molar-refractivity contribution is 0.0602. The predicted molar refractivity (Wildman–Crippen MR) is 66.4 cm³/mol. The fourth-order valence-electron chi connectivity index (χ4n) is 1.43. The zero-order valence-corrected chi connectivity index (χ0v) is 10.5. The second kappa shape index (κ2) is 5.34. The number of nitrogens with one attached hydrogen (secondary N) is 1. The molecule has 0 atom stereocenters. The first-order valence-electron chi connectivity index (χ1n) is 5.47. The number of nitrogen functional groups attached to an aromatic ring is 1. The van der Waals surface area contributed by atoms with Gasteiger partial charge in [-0.05, 0) is 6.07 Å². The van der Waals surface area contributed by atoms with E-state index in [1.54, 1.807) is 6.92 Å². The van der Waals surface area contributed by atoms with Gasteiger partial charge >= 0.3 is 5.97 Å². The van der Waals surface area contributed by atoms with Crippen molar-refractivity contribution in [2.24, 2.45) is 0 Å². The van der Waals surface area contributed by atoms with Crippen molar-refractivity contribution in [1.82, 2.24) is 15.1 Å². The van der Waals surface area contributed by atoms with Gasteiger partial charge in [0, 0.05) is 6.92 Å². The molecule has 0 aliphatic rings. The molecule has 0 amide bonds. The van der Waals surface area contributed by atoms with Crippen molar-refractivity contribution in [1.29, 1.82) is 0 Å². The third-order valence-corrected chi connectivity index (χ3v) is 2.34. The number of carbonyl (C=O) groups is 1. The smallest absolute Gasteiger partial charge is 0.340 e. The molecule has 19 heavy (non-hydrogen) atoms. The summed E-state index contributed by atoms with van der Waals surface area (Å²) in [4.78, 5) is 19.5. The maximum atomic E-state index is 11.5. The first-order valence-corrected chi connectivity index (χ1v) is 5.47. The molecule has 0 fully saturated rings. The maximum absolute atomic E-state index is 11.5. The molecule has 0 saturated heterocycles. The Labute approximate surface area is 109 Å². The number of hydrogen-bond acceptors (Lipinski definition) is 8. The highest BCUT2D eigenvalue weighted by molar-refractivity contribution is 5.95. The van der Waals surface area contributed by atoms with Crippen LogP contribution in [0.1, 0.15) is 22.1 Å². The molecule has 100 valence electrons. The van der Waals surface area contributed by atoms with Crippen molar-refractivity contribution >= 4 is 17.5 Å². The van der Waals surface area contributed by atoms with Gasteiger partial charge in [0.05, 0.1) is 31.1 Å². The fraction of sp³-hybridized carbons (Fsp3) is 0.273. The highest BCUT2D eigenvalue weighted by atomic mass is 16.5. The molecule has 2 rings (SSSR count). The van der Waals surface area contributed by atoms with Crippen molar-refractivity contribution in [2.45, 2.75) is 13.5 Å². The molecule has 2 aromatic rings. The molecule has 0 unspecified atom stereocenters. The van der Waals surface area contributed by atoms with E-state index in [-0.39, 0.29) is 11.3 Å². The van der Waals surface area contributed by atoms with Gasteiger partial charge in [0.1, 0.15) is 5.82 Å². The number of pyridine rings is 1. The van der Waals surface area contributed by atoms with Crippen LogP contribution in [0.3, 0.4) is 0 Å². The first-order chi connectivity index (χ1) is 9.10. The summed E-state index contributed by atoms with van der Waals surface area (Å²) in [5, 5.41) is 6.69. The van der Waals surface area contributed by atoms with Gasteiger partial charge < -0.3 is 20.3 Å². The first kappa shape index (κ1) is 12.8. The third-order valence-electron chi connectivity index (χ3n) is 2.34. The van der Waals surface area contributed by atoms with E-state index in [1.165, 1.54) is 19.4 Å². The van der Waals surface area contributed by atoms with Crippen molar-refractivity contribution in [3.8, 4) is 0 Å². The van der Waals surface area contributed by atoms with Gasteiger partial charge in [-0.3, -0.25) is 0 Å². The van der Waals surface area contributed by atoms with E-state index in [0.717, 1.165) is 0 Å². The van der Waals surface area contributed by atoms with Crippen LogP contribution in [0.2, 0.25) is 0 Å². The number of carbonyl (C=O) groups excluding carboxylic acids is 1. The monoisotopic (exact) mass is 263 g/mol. The number of methoxy groups -OCH3 is 1. The van der Waals surface area contributed by atoms with Crippen LogP contribution in [0.4, 0.5) is 11.5 Å². The molecule has 0 saturated carbocycles. The number of ether oxygens (including phenoxy) is 1. The predicted octanol–water partition coefficient (Wildman–Crippen LogP) is 0.754. The van der Waals surface area contributed by atoms with Crippen LogP contribution in [-0.4, -0.2) is 28.2 Å². The molecule has 0 radical (unpaired) electrons. The lowest BCUT2D eigenvalue weighted by Crippen LogP contribution is -2.09. The summed E-state index contributed by atoms with van der Waals surface area (Å²) in [5.74, 6) is 0.934. The quantitative estimate of drug-likeness (QED) is 0.776. The van der Waals surface area contributed by atoms with Crippen LogP contribution in [0, 0.1) is 6.92 Å². The van der Waals surface area contributed by atoms with E-state index in [4.69, 9.17) is 10.3 Å². The highest BCUT2D eigenvalue weighted by Crippen LogP contribution is 2.16. The molecule has 0 aliphatic heterocycles. The van der Waals surface area contributed by atoms with Crippen LogP contribution < -0.4 is 11.1 Å². The Hall–Kier alpha value is -2.64. The fourth-order valence-corrected chi connectivity index (χ4v) is 1.43. The summed E-state index contributed by atoms with van der Waals surface area (Å²) in [6.45, 7) is 2.03. The van der Waals surface area contributed by atoms with Crippen molar-refractivity contribution in [3.05, 3.63) is 29.5 Å². The van der Waals surface area contributed by atoms with Gasteiger partial charge in [-0.15, -0.1) is 0 Å². The molecular weight excluding hydrogens is 250 g/mol. The normalized spacial score (nSPS) is 10.2. The number of nitrogens with two attached hydrogens (primary N) is 1. The van der Waals surface area contributed by atoms with Crippen molar-refractivity contribution in [2.75, 3.05) is 18.2 Å². The van der Waals surface area contributed by atoms with Gasteiger partial charge in [-0.2, -0.15) is 4.98 Å². The van der Waals surface area contributed by atoms with E-state index < -0.39 is 5.97 Å². The Morgan fingerprint density at radius 3 is 3.00 bits per heavy atom. The molecule has 0 aliphatic carbocycles. The van der Waals surface area contributed by atoms with Gasteiger partial charge in [0.2, 0.25) is 5.89 Å². The number of esters is 1. The van der Waals surface area contributed by atoms with E-state index in [9.17, 15) is 4.79 Å². The SMILES string of the molecule is COC(=O)c1cc(NCc2noc(C)n2)ncc1N. The number of anilines is 2. The Kier molecular flexibility index (Phi) is 3.60. The molecule has 2 aromatic heterocycles. The Balaban J connectivity index is 2.10. The van der Waals surface area contributed by atoms with E-state index >= 15 is 0 Å². The standard InChI is InChI=1S/C11H13N5O3/c1-6-15-10(16-19-6)5-14-9-3-7(11(17)18-2)8(12)4-13-9/h3-4H,5,12H2,1-2H3,(H,13,14). The molecule has 0 aromatic carbocycles. The van der Waals surface area contributed by atoms with E-state index in [2.05, 4.69) is 25.2 Å². The number of aromatic nitrogens is 3. The molecular formula is C11H13N5O3. The molecule has 8 nitrogen and oxygen atoms in total. The van der Waals surface area contributed by atoms with Gasteiger partial charge in [-0.25, -0.2) is 9.78 Å². The average molecular weight is 263 g/mol. The summed E-state index contributed by atoms with van der Waals surface area (Å²) in [7, 11) is 1.29. The van der Waals surface area contributed by atoms with E-state index in [1.807, 2.05) is 0 Å². The van der Waals surface area contributed by atoms with Crippen LogP contribution in [0.15, 0.2) is 16.8 Å². The number of hydrogen-bond donors (Lipinski definition) is 2. The largest absolute Gasteiger partial charge is 0.465 e. The minimum Gasteiger partial charge on any atom is -0.465 e. The Morgan fingerprint density at radius 2 is 2.37 bits per heavy atom. The Bertz CT molecular complexity index is 596. The average Bonchev–Trinajstić information content (AvgIpc) is 2.83. The van der Waals surface area contributed by atoms with Gasteiger partial charge in [-0.1, -0.05) is 5.16 Å². The van der Waals surface area contributed by atoms with Crippen molar-refractivity contribution in [3.63, 3.8) is 0 Å². The molecule has 0 spiro atoms.